The first kappa shape index (κ1) is 23.5. The van der Waals surface area contributed by atoms with Gasteiger partial charge in [-0.3, -0.25) is 4.79 Å². The summed E-state index contributed by atoms with van der Waals surface area (Å²) in [5, 5.41) is 6.67. The van der Waals surface area contributed by atoms with Crippen LogP contribution in [0.15, 0.2) is 59.8 Å². The number of benzene rings is 2. The van der Waals surface area contributed by atoms with Crippen LogP contribution in [0.25, 0.3) is 16.9 Å². The number of sulfonamides is 1. The van der Waals surface area contributed by atoms with Crippen LogP contribution in [0.2, 0.25) is 0 Å². The highest BCUT2D eigenvalue weighted by atomic mass is 32.2. The van der Waals surface area contributed by atoms with Gasteiger partial charge in [0.05, 0.1) is 5.56 Å². The molecule has 1 aliphatic rings. The monoisotopic (exact) mass is 514 g/mol. The standard InChI is InChI=1S/C23H17F3N6O3S/c1-12-7-13(2)9-15(8-12)28-22-27-11-17(20(29-22)32-6-5-19(30-32)23(24,25)26)14-3-4-18-16(10-14)21(33)31-36(18,34)35/h3-11H,1-2H3,(H,31,33)(H,27,28,29). The third-order valence-electron chi connectivity index (χ3n) is 5.39. The van der Waals surface area contributed by atoms with Crippen molar-refractivity contribution in [2.45, 2.75) is 24.9 Å². The highest BCUT2D eigenvalue weighted by Gasteiger charge is 2.35. The Kier molecular flexibility index (Phi) is 5.32. The molecule has 13 heteroatoms. The summed E-state index contributed by atoms with van der Waals surface area (Å²) in [5.41, 5.74) is 2.01. The lowest BCUT2D eigenvalue weighted by atomic mass is 10.0. The van der Waals surface area contributed by atoms with Crippen molar-refractivity contribution in [2.24, 2.45) is 0 Å². The SMILES string of the molecule is Cc1cc(C)cc(Nc2ncc(-c3ccc4c(c3)C(=O)NS4(=O)=O)c(-n3ccc(C(F)(F)F)n3)n2)c1. The Hall–Kier alpha value is -4.26. The topological polar surface area (TPSA) is 119 Å². The fourth-order valence-corrected chi connectivity index (χ4v) is 5.07. The number of amides is 1. The number of nitrogens with zero attached hydrogens (tertiary/aromatic N) is 4. The van der Waals surface area contributed by atoms with Gasteiger partial charge in [0.2, 0.25) is 5.95 Å². The molecule has 0 aliphatic carbocycles. The Morgan fingerprint density at radius 1 is 1.00 bits per heavy atom. The highest BCUT2D eigenvalue weighted by molar-refractivity contribution is 7.90. The molecule has 4 aromatic rings. The van der Waals surface area contributed by atoms with E-state index in [1.54, 1.807) is 0 Å². The number of anilines is 2. The summed E-state index contributed by atoms with van der Waals surface area (Å²) in [4.78, 5) is 20.7. The van der Waals surface area contributed by atoms with Crippen molar-refractivity contribution in [2.75, 3.05) is 5.32 Å². The summed E-state index contributed by atoms with van der Waals surface area (Å²) in [7, 11) is -3.96. The number of rotatable bonds is 4. The molecule has 0 unspecified atom stereocenters. The van der Waals surface area contributed by atoms with Gasteiger partial charge in [-0.05, 0) is 60.9 Å². The molecule has 0 radical (unpaired) electrons. The van der Waals surface area contributed by atoms with Crippen LogP contribution in [-0.4, -0.2) is 34.1 Å². The molecule has 3 heterocycles. The van der Waals surface area contributed by atoms with E-state index >= 15 is 0 Å². The molecular weight excluding hydrogens is 497 g/mol. The van der Waals surface area contributed by atoms with E-state index in [1.165, 1.54) is 24.4 Å². The summed E-state index contributed by atoms with van der Waals surface area (Å²) < 4.78 is 66.7. The van der Waals surface area contributed by atoms with Gasteiger partial charge in [0.25, 0.3) is 15.9 Å². The van der Waals surface area contributed by atoms with Crippen LogP contribution in [0.1, 0.15) is 27.2 Å². The minimum Gasteiger partial charge on any atom is -0.324 e. The quantitative estimate of drug-likeness (QED) is 0.420. The van der Waals surface area contributed by atoms with E-state index in [0.29, 0.717) is 11.3 Å². The van der Waals surface area contributed by atoms with Crippen molar-refractivity contribution < 1.29 is 26.4 Å². The Bertz CT molecular complexity index is 1630. The zero-order chi connectivity index (χ0) is 25.8. The maximum atomic E-state index is 13.2. The molecule has 2 aromatic heterocycles. The number of hydrogen-bond donors (Lipinski definition) is 2. The van der Waals surface area contributed by atoms with Gasteiger partial charge in [-0.2, -0.15) is 23.3 Å². The highest BCUT2D eigenvalue weighted by Crippen LogP contribution is 2.33. The zero-order valence-electron chi connectivity index (χ0n) is 18.8. The van der Waals surface area contributed by atoms with Gasteiger partial charge in [-0.1, -0.05) is 12.1 Å². The molecule has 184 valence electrons. The second-order valence-electron chi connectivity index (χ2n) is 8.22. The molecular formula is C23H17F3N6O3S. The number of halogens is 3. The maximum absolute atomic E-state index is 13.2. The van der Waals surface area contributed by atoms with Crippen molar-refractivity contribution in [3.8, 4) is 16.9 Å². The van der Waals surface area contributed by atoms with Crippen LogP contribution in [0.3, 0.4) is 0 Å². The fourth-order valence-electron chi connectivity index (χ4n) is 3.92. The van der Waals surface area contributed by atoms with Crippen molar-refractivity contribution in [3.63, 3.8) is 0 Å². The molecule has 0 saturated heterocycles. The Balaban J connectivity index is 1.64. The van der Waals surface area contributed by atoms with Gasteiger partial charge < -0.3 is 5.32 Å². The lowest BCUT2D eigenvalue weighted by molar-refractivity contribution is -0.141. The van der Waals surface area contributed by atoms with E-state index in [2.05, 4.69) is 20.4 Å². The van der Waals surface area contributed by atoms with Crippen molar-refractivity contribution in [1.82, 2.24) is 24.5 Å². The lowest BCUT2D eigenvalue weighted by Crippen LogP contribution is -2.20. The van der Waals surface area contributed by atoms with Crippen molar-refractivity contribution in [1.29, 1.82) is 0 Å². The molecule has 1 aliphatic heterocycles. The molecule has 0 spiro atoms. The van der Waals surface area contributed by atoms with E-state index in [0.717, 1.165) is 28.1 Å². The number of fused-ring (bicyclic) bond motifs is 1. The summed E-state index contributed by atoms with van der Waals surface area (Å²) in [6.07, 6.45) is -2.19. The number of alkyl halides is 3. The van der Waals surface area contributed by atoms with Crippen LogP contribution in [0, 0.1) is 13.8 Å². The molecule has 5 rings (SSSR count). The molecule has 9 nitrogen and oxygen atoms in total. The first-order valence-corrected chi connectivity index (χ1v) is 12.0. The summed E-state index contributed by atoms with van der Waals surface area (Å²) >= 11 is 0. The zero-order valence-corrected chi connectivity index (χ0v) is 19.6. The van der Waals surface area contributed by atoms with E-state index in [1.807, 2.05) is 36.8 Å². The van der Waals surface area contributed by atoms with Crippen molar-refractivity contribution >= 4 is 27.6 Å². The van der Waals surface area contributed by atoms with Gasteiger partial charge >= 0.3 is 6.18 Å². The van der Waals surface area contributed by atoms with Crippen LogP contribution in [-0.2, 0) is 16.2 Å². The predicted molar refractivity (Wildman–Crippen MR) is 123 cm³/mol. The molecule has 0 saturated carbocycles. The number of nitrogens with one attached hydrogen (secondary N) is 2. The third-order valence-corrected chi connectivity index (χ3v) is 6.78. The van der Waals surface area contributed by atoms with Gasteiger partial charge in [0, 0.05) is 23.6 Å². The number of carbonyl (C=O) groups is 1. The van der Waals surface area contributed by atoms with Gasteiger partial charge in [-0.25, -0.2) is 22.8 Å². The van der Waals surface area contributed by atoms with Gasteiger partial charge in [-0.15, -0.1) is 0 Å². The lowest BCUT2D eigenvalue weighted by Gasteiger charge is -2.13. The summed E-state index contributed by atoms with van der Waals surface area (Å²) in [6, 6.07) is 10.5. The maximum Gasteiger partial charge on any atom is 0.435 e. The normalized spacial score (nSPS) is 14.4. The number of hydrogen-bond acceptors (Lipinski definition) is 7. The number of aromatic nitrogens is 4. The minimum absolute atomic E-state index is 0.00594. The summed E-state index contributed by atoms with van der Waals surface area (Å²) in [6.45, 7) is 3.83. The average molecular weight is 514 g/mol. The molecule has 36 heavy (non-hydrogen) atoms. The van der Waals surface area contributed by atoms with Crippen molar-refractivity contribution in [3.05, 3.63) is 77.2 Å². The average Bonchev–Trinajstić information content (AvgIpc) is 3.36. The second kappa shape index (κ2) is 8.16. The van der Waals surface area contributed by atoms with E-state index < -0.39 is 27.8 Å². The van der Waals surface area contributed by atoms with Crippen LogP contribution < -0.4 is 10.0 Å². The predicted octanol–water partition coefficient (Wildman–Crippen LogP) is 4.14. The first-order chi connectivity index (χ1) is 16.9. The summed E-state index contributed by atoms with van der Waals surface area (Å²) in [5.74, 6) is -0.709. The minimum atomic E-state index is -4.67. The van der Waals surface area contributed by atoms with E-state index in [9.17, 15) is 26.4 Å². The molecule has 1 amide bonds. The van der Waals surface area contributed by atoms with Gasteiger partial charge in [0.1, 0.15) is 4.90 Å². The fraction of sp³-hybridized carbons (Fsp3) is 0.130. The van der Waals surface area contributed by atoms with E-state index in [4.69, 9.17) is 0 Å². The van der Waals surface area contributed by atoms with Crippen LogP contribution >= 0.6 is 0 Å². The first-order valence-electron chi connectivity index (χ1n) is 10.5. The molecule has 0 atom stereocenters. The third kappa shape index (κ3) is 4.28. The van der Waals surface area contributed by atoms with Crippen LogP contribution in [0.5, 0.6) is 0 Å². The molecule has 0 fully saturated rings. The number of carbonyl (C=O) groups excluding carboxylic acids is 1. The van der Waals surface area contributed by atoms with E-state index in [-0.39, 0.29) is 27.8 Å². The smallest absolute Gasteiger partial charge is 0.324 e. The Labute approximate surface area is 203 Å². The largest absolute Gasteiger partial charge is 0.435 e. The number of aryl methyl sites for hydroxylation is 2. The Morgan fingerprint density at radius 3 is 2.39 bits per heavy atom. The second-order valence-corrected chi connectivity index (χ2v) is 9.87. The molecule has 0 bridgehead atoms. The van der Waals surface area contributed by atoms with Crippen LogP contribution in [0.4, 0.5) is 24.8 Å². The molecule has 2 N–H and O–H groups in total. The Morgan fingerprint density at radius 2 is 1.72 bits per heavy atom. The van der Waals surface area contributed by atoms with Gasteiger partial charge in [0.15, 0.2) is 11.5 Å². The molecule has 2 aromatic carbocycles.